The van der Waals surface area contributed by atoms with E-state index >= 15 is 0 Å². The molecule has 0 bridgehead atoms. The number of carboxylic acids is 1. The van der Waals surface area contributed by atoms with Crippen LogP contribution in [0.2, 0.25) is 5.02 Å². The molecule has 0 aliphatic rings. The molecule has 0 aliphatic carbocycles. The van der Waals surface area contributed by atoms with E-state index in [2.05, 4.69) is 0 Å². The Bertz CT molecular complexity index is 461. The molecule has 6 heteroatoms. The Kier molecular flexibility index (Phi) is 6.48. The smallest absolute Gasteiger partial charge is 0.323 e. The molecular weight excluding hydrogens is 282 g/mol. The van der Waals surface area contributed by atoms with Gasteiger partial charge in [-0.1, -0.05) is 11.6 Å². The highest BCUT2D eigenvalue weighted by molar-refractivity contribution is 6.30. The van der Waals surface area contributed by atoms with Gasteiger partial charge in [-0.15, -0.1) is 0 Å². The van der Waals surface area contributed by atoms with Gasteiger partial charge in [-0.2, -0.15) is 0 Å². The van der Waals surface area contributed by atoms with Crippen molar-refractivity contribution in [2.45, 2.75) is 25.9 Å². The number of amides is 1. The molecule has 0 saturated carbocycles. The number of aliphatic carboxylic acids is 1. The third kappa shape index (κ3) is 5.19. The molecule has 20 heavy (non-hydrogen) atoms. The van der Waals surface area contributed by atoms with Crippen molar-refractivity contribution >= 4 is 29.2 Å². The van der Waals surface area contributed by atoms with E-state index in [1.54, 1.807) is 31.4 Å². The lowest BCUT2D eigenvalue weighted by atomic mass is 10.2. The van der Waals surface area contributed by atoms with Crippen LogP contribution in [0.3, 0.4) is 0 Å². The van der Waals surface area contributed by atoms with Gasteiger partial charge < -0.3 is 14.7 Å². The fourth-order valence-electron chi connectivity index (χ4n) is 1.66. The molecule has 1 atom stereocenters. The van der Waals surface area contributed by atoms with Crippen LogP contribution in [0.5, 0.6) is 0 Å². The van der Waals surface area contributed by atoms with Crippen molar-refractivity contribution in [1.82, 2.24) is 0 Å². The number of anilines is 1. The molecule has 1 aromatic carbocycles. The Morgan fingerprint density at radius 2 is 1.95 bits per heavy atom. The van der Waals surface area contributed by atoms with Gasteiger partial charge in [0.1, 0.15) is 6.54 Å². The molecule has 0 radical (unpaired) electrons. The SMILES string of the molecule is COC(C)CCC(=O)N(CC(=O)O)c1ccc(Cl)cc1. The summed E-state index contributed by atoms with van der Waals surface area (Å²) in [5.41, 5.74) is 0.520. The van der Waals surface area contributed by atoms with Gasteiger partial charge in [-0.25, -0.2) is 0 Å². The fraction of sp³-hybridized carbons (Fsp3) is 0.429. The molecule has 1 N–H and O–H groups in total. The average Bonchev–Trinajstić information content (AvgIpc) is 2.42. The molecule has 0 aliphatic heterocycles. The number of nitrogens with zero attached hydrogens (tertiary/aromatic N) is 1. The highest BCUT2D eigenvalue weighted by Gasteiger charge is 2.19. The number of carboxylic acid groups (broad SMARTS) is 1. The summed E-state index contributed by atoms with van der Waals surface area (Å²) < 4.78 is 5.08. The van der Waals surface area contributed by atoms with E-state index in [0.29, 0.717) is 17.1 Å². The first kappa shape index (κ1) is 16.5. The number of halogens is 1. The molecule has 1 rings (SSSR count). The van der Waals surface area contributed by atoms with Gasteiger partial charge in [0, 0.05) is 24.2 Å². The van der Waals surface area contributed by atoms with Crippen molar-refractivity contribution in [2.75, 3.05) is 18.6 Å². The summed E-state index contributed by atoms with van der Waals surface area (Å²) in [5, 5.41) is 9.46. The summed E-state index contributed by atoms with van der Waals surface area (Å²) in [6.07, 6.45) is 0.722. The van der Waals surface area contributed by atoms with Crippen LogP contribution in [0.25, 0.3) is 0 Å². The first-order chi connectivity index (χ1) is 9.43. The summed E-state index contributed by atoms with van der Waals surface area (Å²) in [5.74, 6) is -1.31. The lowest BCUT2D eigenvalue weighted by molar-refractivity contribution is -0.136. The zero-order valence-corrected chi connectivity index (χ0v) is 12.3. The second-order valence-corrected chi connectivity index (χ2v) is 4.87. The van der Waals surface area contributed by atoms with Crippen LogP contribution in [0.1, 0.15) is 19.8 Å². The lowest BCUT2D eigenvalue weighted by Gasteiger charge is -2.21. The third-order valence-electron chi connectivity index (χ3n) is 2.90. The van der Waals surface area contributed by atoms with E-state index in [9.17, 15) is 9.59 Å². The maximum atomic E-state index is 12.2. The van der Waals surface area contributed by atoms with Crippen molar-refractivity contribution in [3.63, 3.8) is 0 Å². The highest BCUT2D eigenvalue weighted by Crippen LogP contribution is 2.19. The Hall–Kier alpha value is -1.59. The van der Waals surface area contributed by atoms with Gasteiger partial charge >= 0.3 is 5.97 Å². The minimum Gasteiger partial charge on any atom is -0.480 e. The molecule has 1 unspecified atom stereocenters. The molecule has 0 fully saturated rings. The van der Waals surface area contributed by atoms with Crippen LogP contribution < -0.4 is 4.90 Å². The number of methoxy groups -OCH3 is 1. The Balaban J connectivity index is 2.80. The van der Waals surface area contributed by atoms with Crippen molar-refractivity contribution in [3.8, 4) is 0 Å². The van der Waals surface area contributed by atoms with Crippen molar-refractivity contribution < 1.29 is 19.4 Å². The van der Waals surface area contributed by atoms with Gasteiger partial charge in [-0.3, -0.25) is 9.59 Å². The zero-order chi connectivity index (χ0) is 15.1. The maximum absolute atomic E-state index is 12.2. The number of benzene rings is 1. The summed E-state index contributed by atoms with van der Waals surface area (Å²) in [4.78, 5) is 24.3. The largest absolute Gasteiger partial charge is 0.480 e. The summed E-state index contributed by atoms with van der Waals surface area (Å²) in [6, 6.07) is 6.50. The second-order valence-electron chi connectivity index (χ2n) is 4.44. The molecule has 0 heterocycles. The van der Waals surface area contributed by atoms with E-state index in [1.807, 2.05) is 6.92 Å². The Labute approximate surface area is 123 Å². The predicted octanol–water partition coefficient (Wildman–Crippen LogP) is 2.57. The summed E-state index contributed by atoms with van der Waals surface area (Å²) in [6.45, 7) is 1.49. The molecule has 1 aromatic rings. The van der Waals surface area contributed by atoms with Crippen LogP contribution in [0.4, 0.5) is 5.69 Å². The number of carbonyl (C=O) groups excluding carboxylic acids is 1. The monoisotopic (exact) mass is 299 g/mol. The zero-order valence-electron chi connectivity index (χ0n) is 11.5. The Morgan fingerprint density at radius 3 is 2.45 bits per heavy atom. The molecule has 0 spiro atoms. The van der Waals surface area contributed by atoms with Crippen LogP contribution in [-0.4, -0.2) is 36.7 Å². The van der Waals surface area contributed by atoms with Gasteiger partial charge in [0.2, 0.25) is 5.91 Å². The topological polar surface area (TPSA) is 66.8 Å². The van der Waals surface area contributed by atoms with Gasteiger partial charge in [-0.05, 0) is 37.6 Å². The van der Waals surface area contributed by atoms with Gasteiger partial charge in [0.25, 0.3) is 0 Å². The van der Waals surface area contributed by atoms with Gasteiger partial charge in [0.05, 0.1) is 6.10 Å². The van der Waals surface area contributed by atoms with Crippen LogP contribution in [0, 0.1) is 0 Å². The number of hydrogen-bond acceptors (Lipinski definition) is 3. The maximum Gasteiger partial charge on any atom is 0.323 e. The van der Waals surface area contributed by atoms with E-state index < -0.39 is 5.97 Å². The first-order valence-corrected chi connectivity index (χ1v) is 6.62. The number of hydrogen-bond donors (Lipinski definition) is 1. The fourth-order valence-corrected chi connectivity index (χ4v) is 1.79. The third-order valence-corrected chi connectivity index (χ3v) is 3.15. The average molecular weight is 300 g/mol. The second kappa shape index (κ2) is 7.87. The van der Waals surface area contributed by atoms with E-state index in [0.717, 1.165) is 0 Å². The van der Waals surface area contributed by atoms with E-state index in [1.165, 1.54) is 4.90 Å². The van der Waals surface area contributed by atoms with Crippen molar-refractivity contribution in [1.29, 1.82) is 0 Å². The van der Waals surface area contributed by atoms with Crippen molar-refractivity contribution in [2.24, 2.45) is 0 Å². The molecule has 0 saturated heterocycles. The summed E-state index contributed by atoms with van der Waals surface area (Å²) >= 11 is 5.79. The first-order valence-electron chi connectivity index (χ1n) is 6.24. The number of carbonyl (C=O) groups is 2. The molecule has 0 aromatic heterocycles. The van der Waals surface area contributed by atoms with Crippen LogP contribution in [-0.2, 0) is 14.3 Å². The van der Waals surface area contributed by atoms with Crippen molar-refractivity contribution in [3.05, 3.63) is 29.3 Å². The molecule has 110 valence electrons. The minimum absolute atomic E-state index is 0.0455. The van der Waals surface area contributed by atoms with Crippen LogP contribution >= 0.6 is 11.6 Å². The lowest BCUT2D eigenvalue weighted by Crippen LogP contribution is -2.36. The van der Waals surface area contributed by atoms with E-state index in [4.69, 9.17) is 21.4 Å². The highest BCUT2D eigenvalue weighted by atomic mass is 35.5. The normalized spacial score (nSPS) is 11.9. The molecular formula is C14H18ClNO4. The minimum atomic E-state index is -1.06. The molecule has 1 amide bonds. The number of rotatable bonds is 7. The van der Waals surface area contributed by atoms with Crippen LogP contribution in [0.15, 0.2) is 24.3 Å². The van der Waals surface area contributed by atoms with E-state index in [-0.39, 0.29) is 25.0 Å². The molecule has 5 nitrogen and oxygen atoms in total. The van der Waals surface area contributed by atoms with Gasteiger partial charge in [0.15, 0.2) is 0 Å². The number of ether oxygens (including phenoxy) is 1. The summed E-state index contributed by atoms with van der Waals surface area (Å²) in [7, 11) is 1.57. The quantitative estimate of drug-likeness (QED) is 0.840. The predicted molar refractivity (Wildman–Crippen MR) is 77.1 cm³/mol. The Morgan fingerprint density at radius 1 is 1.35 bits per heavy atom. The standard InChI is InChI=1S/C14H18ClNO4/c1-10(20-2)3-8-13(17)16(9-14(18)19)12-6-4-11(15)5-7-12/h4-7,10H,3,8-9H2,1-2H3,(H,18,19).